The second kappa shape index (κ2) is 5.21. The zero-order valence-electron chi connectivity index (χ0n) is 11.4. The number of rotatable bonds is 3. The van der Waals surface area contributed by atoms with Gasteiger partial charge in [0.15, 0.2) is 6.20 Å². The van der Waals surface area contributed by atoms with Crippen LogP contribution >= 0.6 is 0 Å². The van der Waals surface area contributed by atoms with Crippen molar-refractivity contribution in [2.24, 2.45) is 0 Å². The lowest BCUT2D eigenvalue weighted by atomic mass is 10.2. The summed E-state index contributed by atoms with van der Waals surface area (Å²) in [4.78, 5) is 0. The third kappa shape index (κ3) is 2.57. The van der Waals surface area contributed by atoms with Gasteiger partial charge in [-0.3, -0.25) is 0 Å². The second-order valence-electron chi connectivity index (χ2n) is 4.97. The zero-order valence-corrected chi connectivity index (χ0v) is 11.4. The monoisotopic (exact) mass is 264 g/mol. The molecule has 0 radical (unpaired) electrons. The van der Waals surface area contributed by atoms with Gasteiger partial charge in [-0.05, 0) is 24.1 Å². The van der Waals surface area contributed by atoms with Crippen LogP contribution in [0.5, 0.6) is 0 Å². The van der Waals surface area contributed by atoms with Crippen LogP contribution < -0.4 is 4.73 Å². The molecule has 0 atom stereocenters. The average molecular weight is 264 g/mol. The normalized spacial score (nSPS) is 10.7. The van der Waals surface area contributed by atoms with Crippen LogP contribution in [0, 0.1) is 12.1 Å². The largest absolute Gasteiger partial charge is 0.618 e. The molecule has 0 aliphatic carbocycles. The van der Waals surface area contributed by atoms with Gasteiger partial charge in [0.1, 0.15) is 0 Å². The molecule has 0 aliphatic heterocycles. The van der Waals surface area contributed by atoms with E-state index in [0.717, 1.165) is 22.4 Å². The number of aryl methyl sites for hydroxylation is 1. The van der Waals surface area contributed by atoms with Gasteiger partial charge in [0.2, 0.25) is 5.69 Å². The van der Waals surface area contributed by atoms with Gasteiger partial charge in [0.05, 0.1) is 5.56 Å². The predicted molar refractivity (Wildman–Crippen MR) is 79.1 cm³/mol. The van der Waals surface area contributed by atoms with Crippen LogP contribution in [0.3, 0.4) is 0 Å². The number of hydrogen-bond donors (Lipinski definition) is 0. The molecule has 3 aromatic rings. The van der Waals surface area contributed by atoms with Gasteiger partial charge in [-0.25, -0.2) is 0 Å². The number of nitrogens with zero attached hydrogens (tertiary/aromatic N) is 2. The molecule has 0 saturated carbocycles. The Balaban J connectivity index is 1.88. The molecule has 0 unspecified atom stereocenters. The second-order valence-corrected chi connectivity index (χ2v) is 4.97. The van der Waals surface area contributed by atoms with Crippen molar-refractivity contribution >= 4 is 0 Å². The molecule has 3 nitrogen and oxygen atoms in total. The van der Waals surface area contributed by atoms with E-state index < -0.39 is 0 Å². The fourth-order valence-electron chi connectivity index (χ4n) is 2.29. The Hall–Kier alpha value is -2.55. The standard InChI is InChI=1S/C17H16N2O/c1-14-7-10-19(20)17(11-14)16-8-9-18(13-16)12-15-5-3-2-4-6-15/h2-11,13H,12H2,1H3. The highest BCUT2D eigenvalue weighted by Gasteiger charge is 2.10. The van der Waals surface area contributed by atoms with Gasteiger partial charge in [0.25, 0.3) is 0 Å². The van der Waals surface area contributed by atoms with Crippen molar-refractivity contribution < 1.29 is 4.73 Å². The van der Waals surface area contributed by atoms with Crippen molar-refractivity contribution in [1.29, 1.82) is 0 Å². The minimum atomic E-state index is 0.691. The molecule has 0 bridgehead atoms. The molecule has 0 saturated heterocycles. The summed E-state index contributed by atoms with van der Waals surface area (Å²) in [6, 6.07) is 16.0. The van der Waals surface area contributed by atoms with Crippen molar-refractivity contribution in [3.8, 4) is 11.3 Å². The van der Waals surface area contributed by atoms with Gasteiger partial charge in [-0.1, -0.05) is 30.3 Å². The minimum Gasteiger partial charge on any atom is -0.618 e. The molecule has 3 rings (SSSR count). The van der Waals surface area contributed by atoms with E-state index in [-0.39, 0.29) is 0 Å². The predicted octanol–water partition coefficient (Wildman–Crippen LogP) is 3.15. The highest BCUT2D eigenvalue weighted by Crippen LogP contribution is 2.17. The molecule has 20 heavy (non-hydrogen) atoms. The summed E-state index contributed by atoms with van der Waals surface area (Å²) < 4.78 is 3.00. The van der Waals surface area contributed by atoms with E-state index in [9.17, 15) is 5.21 Å². The Labute approximate surface area is 118 Å². The van der Waals surface area contributed by atoms with Crippen LogP contribution in [0.4, 0.5) is 0 Å². The molecular formula is C17H16N2O. The maximum Gasteiger partial charge on any atom is 0.225 e. The molecule has 0 amide bonds. The van der Waals surface area contributed by atoms with Gasteiger partial charge < -0.3 is 9.77 Å². The summed E-state index contributed by atoms with van der Waals surface area (Å²) in [6.07, 6.45) is 5.57. The zero-order chi connectivity index (χ0) is 13.9. The molecule has 0 spiro atoms. The summed E-state index contributed by atoms with van der Waals surface area (Å²) in [5, 5.41) is 11.8. The molecular weight excluding hydrogens is 248 g/mol. The minimum absolute atomic E-state index is 0.691. The Morgan fingerprint density at radius 1 is 1.10 bits per heavy atom. The maximum absolute atomic E-state index is 11.8. The molecule has 0 fully saturated rings. The number of benzene rings is 1. The Kier molecular flexibility index (Phi) is 3.25. The van der Waals surface area contributed by atoms with Crippen molar-refractivity contribution in [1.82, 2.24) is 4.57 Å². The number of pyridine rings is 1. The molecule has 0 N–H and O–H groups in total. The van der Waals surface area contributed by atoms with Crippen LogP contribution in [-0.2, 0) is 6.54 Å². The van der Waals surface area contributed by atoms with Crippen LogP contribution in [0.25, 0.3) is 11.3 Å². The van der Waals surface area contributed by atoms with Crippen LogP contribution in [0.15, 0.2) is 67.1 Å². The third-order valence-corrected chi connectivity index (χ3v) is 3.33. The lowest BCUT2D eigenvalue weighted by Crippen LogP contribution is -2.28. The summed E-state index contributed by atoms with van der Waals surface area (Å²) in [5.41, 5.74) is 3.97. The summed E-state index contributed by atoms with van der Waals surface area (Å²) in [6.45, 7) is 2.80. The lowest BCUT2D eigenvalue weighted by Gasteiger charge is -2.04. The fourth-order valence-corrected chi connectivity index (χ4v) is 2.29. The van der Waals surface area contributed by atoms with E-state index in [1.165, 1.54) is 5.56 Å². The first-order valence-corrected chi connectivity index (χ1v) is 6.62. The van der Waals surface area contributed by atoms with E-state index in [2.05, 4.69) is 16.7 Å². The van der Waals surface area contributed by atoms with E-state index in [1.807, 2.05) is 55.7 Å². The summed E-state index contributed by atoms with van der Waals surface area (Å²) in [5.74, 6) is 0. The SMILES string of the molecule is Cc1cc[n+]([O-])c(-c2ccn(Cc3ccccc3)c2)c1. The fraction of sp³-hybridized carbons (Fsp3) is 0.118. The van der Waals surface area contributed by atoms with Crippen molar-refractivity contribution in [3.05, 3.63) is 83.5 Å². The lowest BCUT2D eigenvalue weighted by molar-refractivity contribution is -0.593. The van der Waals surface area contributed by atoms with Crippen molar-refractivity contribution in [2.45, 2.75) is 13.5 Å². The highest BCUT2D eigenvalue weighted by molar-refractivity contribution is 5.56. The van der Waals surface area contributed by atoms with E-state index in [1.54, 1.807) is 6.20 Å². The highest BCUT2D eigenvalue weighted by atomic mass is 16.5. The first-order chi connectivity index (χ1) is 9.72. The van der Waals surface area contributed by atoms with Crippen LogP contribution in [0.2, 0.25) is 0 Å². The molecule has 0 aliphatic rings. The molecule has 2 heterocycles. The topological polar surface area (TPSA) is 31.9 Å². The van der Waals surface area contributed by atoms with Crippen molar-refractivity contribution in [2.75, 3.05) is 0 Å². The third-order valence-electron chi connectivity index (χ3n) is 3.33. The molecule has 2 aromatic heterocycles. The van der Waals surface area contributed by atoms with E-state index in [4.69, 9.17) is 0 Å². The van der Waals surface area contributed by atoms with Gasteiger partial charge in [-0.2, -0.15) is 4.73 Å². The maximum atomic E-state index is 11.8. The number of hydrogen-bond acceptors (Lipinski definition) is 1. The Morgan fingerprint density at radius 3 is 2.70 bits per heavy atom. The van der Waals surface area contributed by atoms with Gasteiger partial charge in [0, 0.05) is 31.1 Å². The average Bonchev–Trinajstić information content (AvgIpc) is 2.91. The molecule has 100 valence electrons. The first-order valence-electron chi connectivity index (χ1n) is 6.62. The van der Waals surface area contributed by atoms with Crippen molar-refractivity contribution in [3.63, 3.8) is 0 Å². The van der Waals surface area contributed by atoms with Crippen LogP contribution in [-0.4, -0.2) is 4.57 Å². The van der Waals surface area contributed by atoms with Crippen LogP contribution in [0.1, 0.15) is 11.1 Å². The number of aromatic nitrogens is 2. The summed E-state index contributed by atoms with van der Waals surface area (Å²) >= 11 is 0. The Bertz CT molecular complexity index is 717. The molecule has 1 aromatic carbocycles. The Morgan fingerprint density at radius 2 is 1.90 bits per heavy atom. The van der Waals surface area contributed by atoms with Gasteiger partial charge in [-0.15, -0.1) is 0 Å². The van der Waals surface area contributed by atoms with Gasteiger partial charge >= 0.3 is 0 Å². The molecule has 3 heteroatoms. The van der Waals surface area contributed by atoms with E-state index in [0.29, 0.717) is 5.69 Å². The first kappa shape index (κ1) is 12.5. The van der Waals surface area contributed by atoms with E-state index >= 15 is 0 Å². The quantitative estimate of drug-likeness (QED) is 0.528. The smallest absolute Gasteiger partial charge is 0.225 e. The summed E-state index contributed by atoms with van der Waals surface area (Å²) in [7, 11) is 0.